The minimum atomic E-state index is -0.00236. The van der Waals surface area contributed by atoms with Crippen molar-refractivity contribution >= 4 is 11.8 Å². The molecule has 2 saturated heterocycles. The van der Waals surface area contributed by atoms with Gasteiger partial charge in [-0.05, 0) is 6.42 Å². The average Bonchev–Trinajstić information content (AvgIpc) is 2.71. The zero-order valence-electron chi connectivity index (χ0n) is 9.93. The SMILES string of the molecule is NCCOCC(=O)N1CCN2C(=O)CCC2C1. The first-order valence-electron chi connectivity index (χ1n) is 6.07. The van der Waals surface area contributed by atoms with E-state index in [1.165, 1.54) is 0 Å². The summed E-state index contributed by atoms with van der Waals surface area (Å²) in [6.45, 7) is 2.86. The van der Waals surface area contributed by atoms with E-state index in [0.717, 1.165) is 6.42 Å². The number of ether oxygens (including phenoxy) is 1. The summed E-state index contributed by atoms with van der Waals surface area (Å²) in [4.78, 5) is 27.0. The zero-order valence-corrected chi connectivity index (χ0v) is 9.93. The largest absolute Gasteiger partial charge is 0.370 e. The van der Waals surface area contributed by atoms with Crippen LogP contribution in [0.5, 0.6) is 0 Å². The lowest BCUT2D eigenvalue weighted by atomic mass is 10.1. The zero-order chi connectivity index (χ0) is 12.3. The van der Waals surface area contributed by atoms with Gasteiger partial charge in [-0.3, -0.25) is 9.59 Å². The summed E-state index contributed by atoms with van der Waals surface area (Å²) in [5.74, 6) is 0.221. The van der Waals surface area contributed by atoms with Crippen molar-refractivity contribution in [2.75, 3.05) is 39.4 Å². The fourth-order valence-electron chi connectivity index (χ4n) is 2.43. The standard InChI is InChI=1S/C11H19N3O3/c12-3-6-17-8-11(16)13-4-5-14-9(7-13)1-2-10(14)15/h9H,1-8,12H2. The van der Waals surface area contributed by atoms with E-state index < -0.39 is 0 Å². The molecule has 0 aromatic heterocycles. The van der Waals surface area contributed by atoms with Crippen LogP contribution in [0, 0.1) is 0 Å². The third-order valence-corrected chi connectivity index (χ3v) is 3.33. The third-order valence-electron chi connectivity index (χ3n) is 3.33. The molecule has 2 heterocycles. The van der Waals surface area contributed by atoms with Crippen LogP contribution in [0.15, 0.2) is 0 Å². The van der Waals surface area contributed by atoms with Gasteiger partial charge in [-0.25, -0.2) is 0 Å². The normalized spacial score (nSPS) is 24.1. The van der Waals surface area contributed by atoms with Gasteiger partial charge < -0.3 is 20.3 Å². The van der Waals surface area contributed by atoms with Gasteiger partial charge in [0.25, 0.3) is 0 Å². The van der Waals surface area contributed by atoms with Crippen molar-refractivity contribution in [3.05, 3.63) is 0 Å². The number of carbonyl (C=O) groups excluding carboxylic acids is 2. The van der Waals surface area contributed by atoms with Gasteiger partial charge in [0.2, 0.25) is 11.8 Å². The van der Waals surface area contributed by atoms with E-state index in [9.17, 15) is 9.59 Å². The Morgan fingerprint density at radius 2 is 2.29 bits per heavy atom. The lowest BCUT2D eigenvalue weighted by Gasteiger charge is -2.37. The van der Waals surface area contributed by atoms with Crippen molar-refractivity contribution < 1.29 is 14.3 Å². The molecule has 2 aliphatic heterocycles. The summed E-state index contributed by atoms with van der Waals surface area (Å²) in [5, 5.41) is 0. The molecular formula is C11H19N3O3. The molecule has 6 nitrogen and oxygen atoms in total. The minimum Gasteiger partial charge on any atom is -0.370 e. The predicted octanol–water partition coefficient (Wildman–Crippen LogP) is -1.21. The molecule has 0 saturated carbocycles. The fourth-order valence-corrected chi connectivity index (χ4v) is 2.43. The molecule has 0 aromatic rings. The van der Waals surface area contributed by atoms with Crippen molar-refractivity contribution in [2.45, 2.75) is 18.9 Å². The van der Waals surface area contributed by atoms with Crippen LogP contribution < -0.4 is 5.73 Å². The molecule has 0 bridgehead atoms. The first-order chi connectivity index (χ1) is 8.22. The van der Waals surface area contributed by atoms with Crippen LogP contribution in [0.3, 0.4) is 0 Å². The molecule has 2 amide bonds. The van der Waals surface area contributed by atoms with Gasteiger partial charge >= 0.3 is 0 Å². The molecule has 1 unspecified atom stereocenters. The van der Waals surface area contributed by atoms with E-state index in [4.69, 9.17) is 10.5 Å². The molecule has 0 spiro atoms. The molecule has 6 heteroatoms. The smallest absolute Gasteiger partial charge is 0.248 e. The second-order valence-electron chi connectivity index (χ2n) is 4.46. The molecule has 2 aliphatic rings. The van der Waals surface area contributed by atoms with Gasteiger partial charge in [-0.15, -0.1) is 0 Å². The fraction of sp³-hybridized carbons (Fsp3) is 0.818. The van der Waals surface area contributed by atoms with Gasteiger partial charge in [0.15, 0.2) is 0 Å². The summed E-state index contributed by atoms with van der Waals surface area (Å²) in [6, 6.07) is 0.217. The van der Waals surface area contributed by atoms with E-state index in [0.29, 0.717) is 39.2 Å². The van der Waals surface area contributed by atoms with Crippen LogP contribution >= 0.6 is 0 Å². The van der Waals surface area contributed by atoms with Gasteiger partial charge in [0.05, 0.1) is 6.61 Å². The monoisotopic (exact) mass is 241 g/mol. The maximum Gasteiger partial charge on any atom is 0.248 e. The Hall–Kier alpha value is -1.14. The van der Waals surface area contributed by atoms with Crippen molar-refractivity contribution in [1.82, 2.24) is 9.80 Å². The highest BCUT2D eigenvalue weighted by Gasteiger charge is 2.36. The Kier molecular flexibility index (Phi) is 3.96. The second-order valence-corrected chi connectivity index (χ2v) is 4.46. The summed E-state index contributed by atoms with van der Waals surface area (Å²) in [7, 11) is 0. The minimum absolute atomic E-state index is 0.00236. The van der Waals surface area contributed by atoms with Crippen molar-refractivity contribution in [3.63, 3.8) is 0 Å². The Labute approximate surface area is 101 Å². The number of piperazine rings is 1. The highest BCUT2D eigenvalue weighted by molar-refractivity contribution is 5.81. The highest BCUT2D eigenvalue weighted by atomic mass is 16.5. The van der Waals surface area contributed by atoms with Crippen LogP contribution in [0.2, 0.25) is 0 Å². The van der Waals surface area contributed by atoms with Crippen LogP contribution in [0.1, 0.15) is 12.8 Å². The average molecular weight is 241 g/mol. The van der Waals surface area contributed by atoms with Gasteiger partial charge in [0.1, 0.15) is 6.61 Å². The van der Waals surface area contributed by atoms with E-state index in [1.807, 2.05) is 4.90 Å². The number of amides is 2. The Balaban J connectivity index is 1.80. The molecule has 96 valence electrons. The van der Waals surface area contributed by atoms with Gasteiger partial charge in [0, 0.05) is 38.6 Å². The molecule has 2 rings (SSSR count). The first-order valence-corrected chi connectivity index (χ1v) is 6.07. The van der Waals surface area contributed by atoms with Crippen LogP contribution in [0.4, 0.5) is 0 Å². The van der Waals surface area contributed by atoms with Crippen molar-refractivity contribution in [1.29, 1.82) is 0 Å². The molecule has 17 heavy (non-hydrogen) atoms. The number of fused-ring (bicyclic) bond motifs is 1. The number of nitrogens with two attached hydrogens (primary N) is 1. The summed E-state index contributed by atoms with van der Waals surface area (Å²) in [6.07, 6.45) is 1.49. The molecule has 2 fully saturated rings. The lowest BCUT2D eigenvalue weighted by Crippen LogP contribution is -2.53. The Bertz CT molecular complexity index is 308. The predicted molar refractivity (Wildman–Crippen MR) is 61.2 cm³/mol. The van der Waals surface area contributed by atoms with E-state index in [2.05, 4.69) is 0 Å². The molecular weight excluding hydrogens is 222 g/mol. The number of hydrogen-bond acceptors (Lipinski definition) is 4. The highest BCUT2D eigenvalue weighted by Crippen LogP contribution is 2.22. The van der Waals surface area contributed by atoms with Crippen LogP contribution in [0.25, 0.3) is 0 Å². The van der Waals surface area contributed by atoms with Crippen molar-refractivity contribution in [2.24, 2.45) is 5.73 Å². The molecule has 2 N–H and O–H groups in total. The second kappa shape index (κ2) is 5.46. The quantitative estimate of drug-likeness (QED) is 0.627. The van der Waals surface area contributed by atoms with Crippen LogP contribution in [-0.4, -0.2) is 67.0 Å². The van der Waals surface area contributed by atoms with E-state index >= 15 is 0 Å². The summed E-state index contributed by atoms with van der Waals surface area (Å²) >= 11 is 0. The number of hydrogen-bond donors (Lipinski definition) is 1. The number of nitrogens with zero attached hydrogens (tertiary/aromatic N) is 2. The Morgan fingerprint density at radius 1 is 1.47 bits per heavy atom. The summed E-state index contributed by atoms with van der Waals surface area (Å²) < 4.78 is 5.13. The number of rotatable bonds is 4. The van der Waals surface area contributed by atoms with E-state index in [1.54, 1.807) is 4.90 Å². The molecule has 1 atom stereocenters. The molecule has 0 aromatic carbocycles. The van der Waals surface area contributed by atoms with Gasteiger partial charge in [-0.1, -0.05) is 0 Å². The topological polar surface area (TPSA) is 75.9 Å². The Morgan fingerprint density at radius 3 is 3.06 bits per heavy atom. The molecule has 0 aliphatic carbocycles. The van der Waals surface area contributed by atoms with Crippen LogP contribution in [-0.2, 0) is 14.3 Å². The third kappa shape index (κ3) is 2.76. The maximum absolute atomic E-state index is 11.8. The lowest BCUT2D eigenvalue weighted by molar-refractivity contribution is -0.142. The summed E-state index contributed by atoms with van der Waals surface area (Å²) in [5.41, 5.74) is 5.28. The molecule has 0 radical (unpaired) electrons. The van der Waals surface area contributed by atoms with E-state index in [-0.39, 0.29) is 24.5 Å². The maximum atomic E-state index is 11.8. The first kappa shape index (κ1) is 12.3. The van der Waals surface area contributed by atoms with Crippen molar-refractivity contribution in [3.8, 4) is 0 Å². The number of carbonyl (C=O) groups is 2. The van der Waals surface area contributed by atoms with Gasteiger partial charge in [-0.2, -0.15) is 0 Å².